The molecule has 3 aromatic carbocycles. The third-order valence-electron chi connectivity index (χ3n) is 4.67. The summed E-state index contributed by atoms with van der Waals surface area (Å²) in [6, 6.07) is 16.0. The molecule has 0 aliphatic carbocycles. The van der Waals surface area contributed by atoms with Crippen LogP contribution in [0.2, 0.25) is 10.0 Å². The first-order valence-electron chi connectivity index (χ1n) is 9.88. The van der Waals surface area contributed by atoms with Crippen molar-refractivity contribution < 1.29 is 26.4 Å². The van der Waals surface area contributed by atoms with Crippen molar-refractivity contribution in [3.05, 3.63) is 76.8 Å². The molecule has 0 heterocycles. The summed E-state index contributed by atoms with van der Waals surface area (Å²) < 4.78 is 58.1. The van der Waals surface area contributed by atoms with Crippen LogP contribution in [-0.4, -0.2) is 42.7 Å². The first kappa shape index (κ1) is 26.6. The van der Waals surface area contributed by atoms with E-state index in [2.05, 4.69) is 10.0 Å². The van der Waals surface area contributed by atoms with Crippen molar-refractivity contribution in [1.29, 1.82) is 0 Å². The minimum atomic E-state index is -3.87. The first-order valence-corrected chi connectivity index (χ1v) is 14.0. The molecule has 1 amide bonds. The van der Waals surface area contributed by atoms with Crippen molar-refractivity contribution in [1.82, 2.24) is 0 Å². The Morgan fingerprint density at radius 2 is 1.49 bits per heavy atom. The van der Waals surface area contributed by atoms with E-state index in [-0.39, 0.29) is 26.3 Å². The molecule has 0 aromatic heterocycles. The van der Waals surface area contributed by atoms with E-state index in [1.807, 2.05) is 0 Å². The van der Waals surface area contributed by atoms with Gasteiger partial charge in [0.05, 0.1) is 34.0 Å². The third-order valence-corrected chi connectivity index (χ3v) is 7.95. The second-order valence-electron chi connectivity index (χ2n) is 7.27. The predicted octanol–water partition coefficient (Wildman–Crippen LogP) is 4.21. The maximum absolute atomic E-state index is 12.6. The fourth-order valence-electron chi connectivity index (χ4n) is 2.96. The zero-order valence-electron chi connectivity index (χ0n) is 18.5. The standard InChI is InChI=1S/C22H21Cl2N3O6S2/c1-33-18-8-3-16(4-9-18)26-35(31,32)19-10-5-15(6-11-19)25-22(28)14-27(34(2,29)30)17-7-12-20(23)21(24)13-17/h3-13,26H,14H2,1-2H3,(H,25,28). The van der Waals surface area contributed by atoms with Gasteiger partial charge >= 0.3 is 0 Å². The number of amides is 1. The molecular formula is C22H21Cl2N3O6S2. The predicted molar refractivity (Wildman–Crippen MR) is 138 cm³/mol. The molecule has 3 rings (SSSR count). The number of anilines is 3. The van der Waals surface area contributed by atoms with Crippen LogP contribution >= 0.6 is 23.2 Å². The van der Waals surface area contributed by atoms with Crippen molar-refractivity contribution in [2.75, 3.05) is 34.3 Å². The Morgan fingerprint density at radius 1 is 0.886 bits per heavy atom. The number of nitrogens with zero attached hydrogens (tertiary/aromatic N) is 1. The van der Waals surface area contributed by atoms with Crippen LogP contribution in [0.15, 0.2) is 71.6 Å². The highest BCUT2D eigenvalue weighted by Gasteiger charge is 2.22. The SMILES string of the molecule is COc1ccc(NS(=O)(=O)c2ccc(NC(=O)CN(c3ccc(Cl)c(Cl)c3)S(C)(=O)=O)cc2)cc1. The highest BCUT2D eigenvalue weighted by atomic mass is 35.5. The van der Waals surface area contributed by atoms with E-state index < -0.39 is 32.5 Å². The monoisotopic (exact) mass is 557 g/mol. The summed E-state index contributed by atoms with van der Waals surface area (Å²) in [7, 11) is -6.19. The fraction of sp³-hybridized carbons (Fsp3) is 0.136. The lowest BCUT2D eigenvalue weighted by Crippen LogP contribution is -2.37. The first-order chi connectivity index (χ1) is 16.4. The van der Waals surface area contributed by atoms with Gasteiger partial charge in [-0.25, -0.2) is 16.8 Å². The summed E-state index contributed by atoms with van der Waals surface area (Å²) in [4.78, 5) is 12.5. The topological polar surface area (TPSA) is 122 Å². The number of sulfonamides is 2. The van der Waals surface area contributed by atoms with Gasteiger partial charge in [-0.3, -0.25) is 13.8 Å². The molecule has 9 nitrogen and oxygen atoms in total. The molecule has 0 saturated carbocycles. The maximum atomic E-state index is 12.6. The Hall–Kier alpha value is -2.99. The maximum Gasteiger partial charge on any atom is 0.261 e. The van der Waals surface area contributed by atoms with E-state index in [0.717, 1.165) is 10.6 Å². The second-order valence-corrected chi connectivity index (χ2v) is 11.7. The summed E-state index contributed by atoms with van der Waals surface area (Å²) in [5.74, 6) is -0.0601. The van der Waals surface area contributed by atoms with Gasteiger partial charge in [-0.15, -0.1) is 0 Å². The zero-order chi connectivity index (χ0) is 25.8. The molecule has 0 spiro atoms. The number of halogens is 2. The average molecular weight is 558 g/mol. The van der Waals surface area contributed by atoms with Crippen LogP contribution in [0.3, 0.4) is 0 Å². The summed E-state index contributed by atoms with van der Waals surface area (Å²) >= 11 is 11.9. The Kier molecular flexibility index (Phi) is 8.16. The van der Waals surface area contributed by atoms with Gasteiger partial charge in [-0.05, 0) is 66.7 Å². The van der Waals surface area contributed by atoms with Crippen LogP contribution in [0.25, 0.3) is 0 Å². The molecule has 0 saturated heterocycles. The van der Waals surface area contributed by atoms with E-state index >= 15 is 0 Å². The van der Waals surface area contributed by atoms with E-state index in [9.17, 15) is 21.6 Å². The number of carbonyl (C=O) groups excluding carboxylic acids is 1. The highest BCUT2D eigenvalue weighted by Crippen LogP contribution is 2.28. The molecule has 0 atom stereocenters. The number of rotatable bonds is 9. The van der Waals surface area contributed by atoms with Crippen LogP contribution < -0.4 is 19.1 Å². The molecule has 0 fully saturated rings. The summed E-state index contributed by atoms with van der Waals surface area (Å²) in [6.45, 7) is -0.532. The smallest absolute Gasteiger partial charge is 0.261 e. The van der Waals surface area contributed by atoms with Crippen LogP contribution in [0.4, 0.5) is 17.1 Å². The molecule has 3 aromatic rings. The molecule has 2 N–H and O–H groups in total. The summed E-state index contributed by atoms with van der Waals surface area (Å²) in [5, 5.41) is 2.93. The number of nitrogens with one attached hydrogen (secondary N) is 2. The van der Waals surface area contributed by atoms with Crippen LogP contribution in [0, 0.1) is 0 Å². The number of hydrogen-bond acceptors (Lipinski definition) is 6. The Morgan fingerprint density at radius 3 is 2.03 bits per heavy atom. The van der Waals surface area contributed by atoms with Crippen LogP contribution in [-0.2, 0) is 24.8 Å². The Bertz CT molecular complexity index is 1430. The van der Waals surface area contributed by atoms with Gasteiger partial charge in [0.2, 0.25) is 15.9 Å². The molecule has 13 heteroatoms. The van der Waals surface area contributed by atoms with Gasteiger partial charge in [-0.2, -0.15) is 0 Å². The largest absolute Gasteiger partial charge is 0.497 e. The molecule has 0 aliphatic rings. The zero-order valence-corrected chi connectivity index (χ0v) is 21.7. The minimum Gasteiger partial charge on any atom is -0.497 e. The van der Waals surface area contributed by atoms with E-state index in [1.54, 1.807) is 24.3 Å². The number of ether oxygens (including phenoxy) is 1. The van der Waals surface area contributed by atoms with Crippen LogP contribution in [0.1, 0.15) is 0 Å². The Balaban J connectivity index is 1.70. The minimum absolute atomic E-state index is 0.0279. The summed E-state index contributed by atoms with van der Waals surface area (Å²) in [6.07, 6.45) is 0.957. The molecule has 0 bridgehead atoms. The van der Waals surface area contributed by atoms with E-state index in [4.69, 9.17) is 27.9 Å². The van der Waals surface area contributed by atoms with E-state index in [1.165, 1.54) is 49.6 Å². The lowest BCUT2D eigenvalue weighted by molar-refractivity contribution is -0.114. The van der Waals surface area contributed by atoms with Crippen molar-refractivity contribution >= 4 is 66.2 Å². The molecule has 0 unspecified atom stereocenters. The van der Waals surface area contributed by atoms with Crippen molar-refractivity contribution in [3.8, 4) is 5.75 Å². The van der Waals surface area contributed by atoms with Gasteiger partial charge in [-0.1, -0.05) is 23.2 Å². The molecular weight excluding hydrogens is 537 g/mol. The van der Waals surface area contributed by atoms with Gasteiger partial charge in [0.15, 0.2) is 0 Å². The Labute approximate surface area is 213 Å². The van der Waals surface area contributed by atoms with Gasteiger partial charge in [0, 0.05) is 11.4 Å². The quantitative estimate of drug-likeness (QED) is 0.406. The van der Waals surface area contributed by atoms with Crippen molar-refractivity contribution in [2.24, 2.45) is 0 Å². The normalized spacial score (nSPS) is 11.5. The van der Waals surface area contributed by atoms with Crippen molar-refractivity contribution in [3.63, 3.8) is 0 Å². The summed E-state index contributed by atoms with van der Waals surface area (Å²) in [5.41, 5.74) is 0.801. The molecule has 35 heavy (non-hydrogen) atoms. The lowest BCUT2D eigenvalue weighted by Gasteiger charge is -2.22. The van der Waals surface area contributed by atoms with E-state index in [0.29, 0.717) is 11.4 Å². The highest BCUT2D eigenvalue weighted by molar-refractivity contribution is 7.92. The van der Waals surface area contributed by atoms with Crippen LogP contribution in [0.5, 0.6) is 5.75 Å². The van der Waals surface area contributed by atoms with Crippen molar-refractivity contribution in [2.45, 2.75) is 4.90 Å². The molecule has 0 radical (unpaired) electrons. The molecule has 186 valence electrons. The third kappa shape index (κ3) is 7.01. The van der Waals surface area contributed by atoms with Gasteiger partial charge < -0.3 is 10.1 Å². The number of carbonyl (C=O) groups is 1. The van der Waals surface area contributed by atoms with Gasteiger partial charge in [0.25, 0.3) is 10.0 Å². The average Bonchev–Trinajstić information content (AvgIpc) is 2.79. The number of methoxy groups -OCH3 is 1. The fourth-order valence-corrected chi connectivity index (χ4v) is 5.16. The second kappa shape index (κ2) is 10.7. The number of hydrogen-bond donors (Lipinski definition) is 2. The molecule has 0 aliphatic heterocycles. The van der Waals surface area contributed by atoms with Gasteiger partial charge in [0.1, 0.15) is 12.3 Å². The number of benzene rings is 3. The lowest BCUT2D eigenvalue weighted by atomic mass is 10.3.